The van der Waals surface area contributed by atoms with Crippen LogP contribution in [0.15, 0.2) is 0 Å². The topological polar surface area (TPSA) is 44.4 Å². The highest BCUT2D eigenvalue weighted by Gasteiger charge is 2.20. The van der Waals surface area contributed by atoms with Gasteiger partial charge in [-0.3, -0.25) is 4.79 Å². The molecule has 1 fully saturated rings. The van der Waals surface area contributed by atoms with Gasteiger partial charge >= 0.3 is 0 Å². The van der Waals surface area contributed by atoms with Gasteiger partial charge < -0.3 is 15.5 Å². The van der Waals surface area contributed by atoms with Crippen LogP contribution in [-0.2, 0) is 4.79 Å². The summed E-state index contributed by atoms with van der Waals surface area (Å²) in [5.41, 5.74) is 0. The molecular weight excluding hydrogens is 178 g/mol. The highest BCUT2D eigenvalue weighted by atomic mass is 16.2. The molecule has 0 saturated carbocycles. The monoisotopic (exact) mass is 199 g/mol. The number of likely N-dealkylation sites (tertiary alicyclic amines) is 1. The molecule has 14 heavy (non-hydrogen) atoms. The van der Waals surface area contributed by atoms with E-state index in [1.165, 1.54) is 6.42 Å². The SMILES string of the molecule is CNC(C)C(=O)NCC1CCN(C)C1. The van der Waals surface area contributed by atoms with Crippen LogP contribution in [0, 0.1) is 5.92 Å². The third-order valence-corrected chi connectivity index (χ3v) is 2.88. The molecule has 4 heteroatoms. The lowest BCUT2D eigenvalue weighted by atomic mass is 10.1. The molecule has 2 N–H and O–H groups in total. The number of carbonyl (C=O) groups is 1. The van der Waals surface area contributed by atoms with Gasteiger partial charge in [0.05, 0.1) is 6.04 Å². The summed E-state index contributed by atoms with van der Waals surface area (Å²) in [4.78, 5) is 13.7. The lowest BCUT2D eigenvalue weighted by molar-refractivity contribution is -0.122. The fourth-order valence-corrected chi connectivity index (χ4v) is 1.72. The van der Waals surface area contributed by atoms with Crippen molar-refractivity contribution in [2.75, 3.05) is 33.7 Å². The summed E-state index contributed by atoms with van der Waals surface area (Å²) in [6.07, 6.45) is 1.20. The van der Waals surface area contributed by atoms with Gasteiger partial charge in [-0.2, -0.15) is 0 Å². The summed E-state index contributed by atoms with van der Waals surface area (Å²) in [7, 11) is 3.92. The Hall–Kier alpha value is -0.610. The summed E-state index contributed by atoms with van der Waals surface area (Å²) in [5, 5.41) is 5.89. The summed E-state index contributed by atoms with van der Waals surface area (Å²) in [6, 6.07) is -0.0888. The predicted octanol–water partition coefficient (Wildman–Crippen LogP) is -0.338. The van der Waals surface area contributed by atoms with Gasteiger partial charge in [-0.25, -0.2) is 0 Å². The predicted molar refractivity (Wildman–Crippen MR) is 57.1 cm³/mol. The average Bonchev–Trinajstić information content (AvgIpc) is 2.59. The zero-order valence-electron chi connectivity index (χ0n) is 9.34. The third-order valence-electron chi connectivity index (χ3n) is 2.88. The third kappa shape index (κ3) is 3.27. The van der Waals surface area contributed by atoms with Gasteiger partial charge in [-0.15, -0.1) is 0 Å². The number of hydrogen-bond donors (Lipinski definition) is 2. The first-order chi connectivity index (χ1) is 6.63. The number of rotatable bonds is 4. The lowest BCUT2D eigenvalue weighted by Crippen LogP contribution is -2.42. The molecule has 0 aromatic heterocycles. The van der Waals surface area contributed by atoms with Crippen molar-refractivity contribution in [3.63, 3.8) is 0 Å². The maximum absolute atomic E-state index is 11.4. The van der Waals surface area contributed by atoms with E-state index in [1.807, 2.05) is 6.92 Å². The summed E-state index contributed by atoms with van der Waals surface area (Å²) in [6.45, 7) is 4.95. The molecule has 1 saturated heterocycles. The number of hydrogen-bond acceptors (Lipinski definition) is 3. The molecule has 2 atom stereocenters. The fraction of sp³-hybridized carbons (Fsp3) is 0.900. The van der Waals surface area contributed by atoms with E-state index < -0.39 is 0 Å². The van der Waals surface area contributed by atoms with Gasteiger partial charge in [0.1, 0.15) is 0 Å². The second-order valence-corrected chi connectivity index (χ2v) is 4.17. The normalized spacial score (nSPS) is 24.9. The van der Waals surface area contributed by atoms with Gasteiger partial charge in [-0.1, -0.05) is 0 Å². The maximum Gasteiger partial charge on any atom is 0.236 e. The minimum absolute atomic E-state index is 0.0888. The molecule has 0 spiro atoms. The number of nitrogens with zero attached hydrogens (tertiary/aromatic N) is 1. The highest BCUT2D eigenvalue weighted by Crippen LogP contribution is 2.12. The molecule has 1 aliphatic heterocycles. The zero-order valence-corrected chi connectivity index (χ0v) is 9.34. The number of nitrogens with one attached hydrogen (secondary N) is 2. The molecule has 0 aliphatic carbocycles. The Kier molecular flexibility index (Phi) is 4.35. The summed E-state index contributed by atoms with van der Waals surface area (Å²) >= 11 is 0. The van der Waals surface area contributed by atoms with Crippen LogP contribution in [0.5, 0.6) is 0 Å². The Balaban J connectivity index is 2.17. The molecule has 0 aromatic rings. The van der Waals surface area contributed by atoms with Crippen LogP contribution in [0.2, 0.25) is 0 Å². The Morgan fingerprint density at radius 3 is 2.86 bits per heavy atom. The van der Waals surface area contributed by atoms with E-state index in [1.54, 1.807) is 7.05 Å². The summed E-state index contributed by atoms with van der Waals surface area (Å²) in [5.74, 6) is 0.732. The van der Waals surface area contributed by atoms with Crippen LogP contribution in [0.25, 0.3) is 0 Å². The van der Waals surface area contributed by atoms with Crippen LogP contribution in [0.4, 0.5) is 0 Å². The molecule has 1 amide bonds. The zero-order chi connectivity index (χ0) is 10.6. The van der Waals surface area contributed by atoms with Gasteiger partial charge in [0.2, 0.25) is 5.91 Å². The molecule has 1 aliphatic rings. The fourth-order valence-electron chi connectivity index (χ4n) is 1.72. The smallest absolute Gasteiger partial charge is 0.236 e. The largest absolute Gasteiger partial charge is 0.354 e. The van der Waals surface area contributed by atoms with E-state index in [4.69, 9.17) is 0 Å². The Labute approximate surface area is 86.0 Å². The second-order valence-electron chi connectivity index (χ2n) is 4.17. The number of carbonyl (C=O) groups excluding carboxylic acids is 1. The molecule has 0 radical (unpaired) electrons. The first-order valence-electron chi connectivity index (χ1n) is 5.27. The van der Waals surface area contributed by atoms with Crippen LogP contribution in [-0.4, -0.2) is 50.6 Å². The van der Waals surface area contributed by atoms with Crippen LogP contribution < -0.4 is 10.6 Å². The van der Waals surface area contributed by atoms with E-state index in [2.05, 4.69) is 22.6 Å². The molecule has 1 rings (SSSR count). The molecule has 82 valence electrons. The quantitative estimate of drug-likeness (QED) is 0.651. The van der Waals surface area contributed by atoms with E-state index in [9.17, 15) is 4.79 Å². The van der Waals surface area contributed by atoms with E-state index in [0.29, 0.717) is 5.92 Å². The summed E-state index contributed by atoms with van der Waals surface area (Å²) < 4.78 is 0. The lowest BCUT2D eigenvalue weighted by Gasteiger charge is -2.14. The van der Waals surface area contributed by atoms with Crippen molar-refractivity contribution in [2.24, 2.45) is 5.92 Å². The molecule has 0 bridgehead atoms. The number of amides is 1. The first-order valence-corrected chi connectivity index (χ1v) is 5.27. The van der Waals surface area contributed by atoms with E-state index in [0.717, 1.165) is 19.6 Å². The van der Waals surface area contributed by atoms with Gasteiger partial charge in [-0.05, 0) is 39.9 Å². The van der Waals surface area contributed by atoms with E-state index in [-0.39, 0.29) is 11.9 Å². The Bertz CT molecular complexity index is 196. The van der Waals surface area contributed by atoms with Crippen molar-refractivity contribution in [1.29, 1.82) is 0 Å². The van der Waals surface area contributed by atoms with Gasteiger partial charge in [0, 0.05) is 13.1 Å². The molecular formula is C10H21N3O. The molecule has 4 nitrogen and oxygen atoms in total. The minimum atomic E-state index is -0.0888. The maximum atomic E-state index is 11.4. The minimum Gasteiger partial charge on any atom is -0.354 e. The first kappa shape index (κ1) is 11.5. The van der Waals surface area contributed by atoms with Crippen molar-refractivity contribution < 1.29 is 4.79 Å². The van der Waals surface area contributed by atoms with Crippen molar-refractivity contribution in [1.82, 2.24) is 15.5 Å². The average molecular weight is 199 g/mol. The second kappa shape index (κ2) is 5.32. The van der Waals surface area contributed by atoms with Crippen molar-refractivity contribution in [3.05, 3.63) is 0 Å². The van der Waals surface area contributed by atoms with Crippen LogP contribution >= 0.6 is 0 Å². The van der Waals surface area contributed by atoms with Gasteiger partial charge in [0.25, 0.3) is 0 Å². The highest BCUT2D eigenvalue weighted by molar-refractivity contribution is 5.81. The van der Waals surface area contributed by atoms with E-state index >= 15 is 0 Å². The van der Waals surface area contributed by atoms with Crippen molar-refractivity contribution in [3.8, 4) is 0 Å². The Morgan fingerprint density at radius 1 is 1.64 bits per heavy atom. The van der Waals surface area contributed by atoms with Crippen molar-refractivity contribution in [2.45, 2.75) is 19.4 Å². The number of likely N-dealkylation sites (N-methyl/N-ethyl adjacent to an activating group) is 1. The Morgan fingerprint density at radius 2 is 2.36 bits per heavy atom. The molecule has 1 heterocycles. The standard InChI is InChI=1S/C10H21N3O/c1-8(11-2)10(14)12-6-9-4-5-13(3)7-9/h8-9,11H,4-7H2,1-3H3,(H,12,14). The van der Waals surface area contributed by atoms with Crippen molar-refractivity contribution >= 4 is 5.91 Å². The van der Waals surface area contributed by atoms with Gasteiger partial charge in [0.15, 0.2) is 0 Å². The molecule has 2 unspecified atom stereocenters. The molecule has 0 aromatic carbocycles. The van der Waals surface area contributed by atoms with Crippen LogP contribution in [0.1, 0.15) is 13.3 Å². The van der Waals surface area contributed by atoms with Crippen LogP contribution in [0.3, 0.4) is 0 Å².